The van der Waals surface area contributed by atoms with Crippen molar-refractivity contribution in [1.29, 1.82) is 0 Å². The molecule has 0 unspecified atom stereocenters. The van der Waals surface area contributed by atoms with E-state index in [1.54, 1.807) is 0 Å². The third kappa shape index (κ3) is 2.62. The van der Waals surface area contributed by atoms with Crippen molar-refractivity contribution in [1.82, 2.24) is 15.4 Å². The van der Waals surface area contributed by atoms with Crippen LogP contribution in [0.4, 0.5) is 0 Å². The minimum atomic E-state index is 0.348. The van der Waals surface area contributed by atoms with Gasteiger partial charge in [-0.3, -0.25) is 0 Å². The summed E-state index contributed by atoms with van der Waals surface area (Å²) in [4.78, 5) is 0. The molecule has 2 heterocycles. The van der Waals surface area contributed by atoms with Gasteiger partial charge in [0.1, 0.15) is 12.4 Å². The van der Waals surface area contributed by atoms with Crippen molar-refractivity contribution in [3.05, 3.63) is 48.2 Å². The van der Waals surface area contributed by atoms with E-state index in [1.165, 1.54) is 6.39 Å². The predicted octanol–water partition coefficient (Wildman–Crippen LogP) is 2.61. The highest BCUT2D eigenvalue weighted by Gasteiger charge is 2.05. The molecule has 0 aliphatic rings. The SMILES string of the molecule is Cc1cc(COc2ccc(-c3nnco3)cc2)on1. The first-order valence-electron chi connectivity index (χ1n) is 5.73. The molecular formula is C13H11N3O3. The molecule has 0 amide bonds. The second-order valence-electron chi connectivity index (χ2n) is 3.99. The smallest absolute Gasteiger partial charge is 0.247 e. The van der Waals surface area contributed by atoms with Gasteiger partial charge in [-0.2, -0.15) is 0 Å². The standard InChI is InChI=1S/C13H11N3O3/c1-9-6-12(19-16-9)7-17-11-4-2-10(3-5-11)13-15-14-8-18-13/h2-6,8H,7H2,1H3. The van der Waals surface area contributed by atoms with E-state index >= 15 is 0 Å². The van der Waals surface area contributed by atoms with Crippen LogP contribution in [0.1, 0.15) is 11.5 Å². The van der Waals surface area contributed by atoms with Crippen LogP contribution in [0.2, 0.25) is 0 Å². The second-order valence-corrected chi connectivity index (χ2v) is 3.99. The van der Waals surface area contributed by atoms with Crippen LogP contribution >= 0.6 is 0 Å². The predicted molar refractivity (Wildman–Crippen MR) is 65.3 cm³/mol. The van der Waals surface area contributed by atoms with Gasteiger partial charge in [-0.1, -0.05) is 5.16 Å². The molecule has 19 heavy (non-hydrogen) atoms. The van der Waals surface area contributed by atoms with Crippen LogP contribution in [0.25, 0.3) is 11.5 Å². The Kier molecular flexibility index (Phi) is 2.97. The number of aryl methyl sites for hydroxylation is 1. The fourth-order valence-electron chi connectivity index (χ4n) is 1.63. The lowest BCUT2D eigenvalue weighted by atomic mass is 10.2. The third-order valence-corrected chi connectivity index (χ3v) is 2.52. The van der Waals surface area contributed by atoms with E-state index < -0.39 is 0 Å². The van der Waals surface area contributed by atoms with Gasteiger partial charge in [-0.25, -0.2) is 0 Å². The Hall–Kier alpha value is -2.63. The number of rotatable bonds is 4. The van der Waals surface area contributed by atoms with E-state index in [0.717, 1.165) is 17.0 Å². The van der Waals surface area contributed by atoms with Gasteiger partial charge in [-0.05, 0) is 31.2 Å². The molecule has 2 aromatic heterocycles. The average molecular weight is 257 g/mol. The summed E-state index contributed by atoms with van der Waals surface area (Å²) >= 11 is 0. The fourth-order valence-corrected chi connectivity index (χ4v) is 1.63. The second kappa shape index (κ2) is 4.93. The zero-order valence-electron chi connectivity index (χ0n) is 10.2. The molecule has 3 aromatic rings. The molecule has 0 atom stereocenters. The Morgan fingerprint density at radius 3 is 2.68 bits per heavy atom. The summed E-state index contributed by atoms with van der Waals surface area (Å²) < 4.78 is 15.7. The molecular weight excluding hydrogens is 246 g/mol. The number of hydrogen-bond acceptors (Lipinski definition) is 6. The summed E-state index contributed by atoms with van der Waals surface area (Å²) in [7, 11) is 0. The zero-order chi connectivity index (χ0) is 13.1. The molecule has 0 saturated heterocycles. The van der Waals surface area contributed by atoms with Crippen molar-refractivity contribution < 1.29 is 13.7 Å². The van der Waals surface area contributed by atoms with Gasteiger partial charge in [0.25, 0.3) is 0 Å². The monoisotopic (exact) mass is 257 g/mol. The number of benzene rings is 1. The maximum Gasteiger partial charge on any atom is 0.247 e. The quantitative estimate of drug-likeness (QED) is 0.715. The van der Waals surface area contributed by atoms with Crippen molar-refractivity contribution in [2.75, 3.05) is 0 Å². The molecule has 0 radical (unpaired) electrons. The molecule has 0 bridgehead atoms. The van der Waals surface area contributed by atoms with Crippen LogP contribution in [-0.4, -0.2) is 15.4 Å². The molecule has 1 aromatic carbocycles. The van der Waals surface area contributed by atoms with Gasteiger partial charge in [0.15, 0.2) is 5.76 Å². The maximum atomic E-state index is 5.58. The fraction of sp³-hybridized carbons (Fsp3) is 0.154. The summed E-state index contributed by atoms with van der Waals surface area (Å²) in [6, 6.07) is 9.22. The van der Waals surface area contributed by atoms with Gasteiger partial charge in [0, 0.05) is 11.6 Å². The lowest BCUT2D eigenvalue weighted by molar-refractivity contribution is 0.249. The van der Waals surface area contributed by atoms with Crippen molar-refractivity contribution in [2.24, 2.45) is 0 Å². The Balaban J connectivity index is 1.66. The highest BCUT2D eigenvalue weighted by atomic mass is 16.5. The molecule has 6 nitrogen and oxygen atoms in total. The van der Waals surface area contributed by atoms with E-state index in [0.29, 0.717) is 18.3 Å². The Morgan fingerprint density at radius 1 is 1.21 bits per heavy atom. The lowest BCUT2D eigenvalue weighted by Gasteiger charge is -2.03. The third-order valence-electron chi connectivity index (χ3n) is 2.52. The van der Waals surface area contributed by atoms with Crippen LogP contribution in [0, 0.1) is 6.92 Å². The van der Waals surface area contributed by atoms with Crippen molar-refractivity contribution in [2.45, 2.75) is 13.5 Å². The van der Waals surface area contributed by atoms with Crippen LogP contribution in [0.15, 0.2) is 45.7 Å². The van der Waals surface area contributed by atoms with E-state index in [2.05, 4.69) is 15.4 Å². The zero-order valence-corrected chi connectivity index (χ0v) is 10.2. The van der Waals surface area contributed by atoms with Crippen molar-refractivity contribution >= 4 is 0 Å². The molecule has 0 saturated carbocycles. The van der Waals surface area contributed by atoms with Crippen LogP contribution in [0.5, 0.6) is 5.75 Å². The summed E-state index contributed by atoms with van der Waals surface area (Å²) in [5.74, 6) is 1.91. The van der Waals surface area contributed by atoms with E-state index in [9.17, 15) is 0 Å². The van der Waals surface area contributed by atoms with Crippen molar-refractivity contribution in [3.63, 3.8) is 0 Å². The molecule has 0 spiro atoms. The van der Waals surface area contributed by atoms with Gasteiger partial charge < -0.3 is 13.7 Å². The Labute approximate surface area is 109 Å². The van der Waals surface area contributed by atoms with Crippen molar-refractivity contribution in [3.8, 4) is 17.2 Å². The summed E-state index contributed by atoms with van der Waals surface area (Å²) in [6.07, 6.45) is 1.30. The van der Waals surface area contributed by atoms with Crippen LogP contribution in [-0.2, 0) is 6.61 Å². The topological polar surface area (TPSA) is 74.2 Å². The first-order chi connectivity index (χ1) is 9.31. The maximum absolute atomic E-state index is 5.58. The molecule has 0 aliphatic carbocycles. The first kappa shape index (κ1) is 11.5. The molecule has 0 N–H and O–H groups in total. The highest BCUT2D eigenvalue weighted by molar-refractivity contribution is 5.53. The number of nitrogens with zero attached hydrogens (tertiary/aromatic N) is 3. The first-order valence-corrected chi connectivity index (χ1v) is 5.73. The minimum Gasteiger partial charge on any atom is -0.486 e. The Bertz CT molecular complexity index is 644. The van der Waals surface area contributed by atoms with E-state index in [-0.39, 0.29) is 0 Å². The van der Waals surface area contributed by atoms with Crippen LogP contribution in [0.3, 0.4) is 0 Å². The van der Waals surface area contributed by atoms with Gasteiger partial charge in [0.05, 0.1) is 5.69 Å². The minimum absolute atomic E-state index is 0.348. The van der Waals surface area contributed by atoms with Crippen LogP contribution < -0.4 is 4.74 Å². The summed E-state index contributed by atoms with van der Waals surface area (Å²) in [5.41, 5.74) is 1.69. The molecule has 0 fully saturated rings. The number of hydrogen-bond donors (Lipinski definition) is 0. The number of aromatic nitrogens is 3. The van der Waals surface area contributed by atoms with E-state index in [1.807, 2.05) is 37.3 Å². The molecule has 3 rings (SSSR count). The molecule has 96 valence electrons. The highest BCUT2D eigenvalue weighted by Crippen LogP contribution is 2.20. The number of ether oxygens (including phenoxy) is 1. The molecule has 6 heteroatoms. The normalized spacial score (nSPS) is 10.6. The lowest BCUT2D eigenvalue weighted by Crippen LogP contribution is -1.93. The summed E-state index contributed by atoms with van der Waals surface area (Å²) in [5, 5.41) is 11.3. The largest absolute Gasteiger partial charge is 0.486 e. The average Bonchev–Trinajstić information content (AvgIpc) is 3.08. The molecule has 0 aliphatic heterocycles. The van der Waals surface area contributed by atoms with Gasteiger partial charge in [-0.15, -0.1) is 10.2 Å². The van der Waals surface area contributed by atoms with Gasteiger partial charge in [0.2, 0.25) is 12.3 Å². The van der Waals surface area contributed by atoms with Gasteiger partial charge >= 0.3 is 0 Å². The van der Waals surface area contributed by atoms with E-state index in [4.69, 9.17) is 13.7 Å². The Morgan fingerprint density at radius 2 is 2.05 bits per heavy atom. The summed E-state index contributed by atoms with van der Waals surface area (Å²) in [6.45, 7) is 2.22.